The first kappa shape index (κ1) is 12.5. The third-order valence-electron chi connectivity index (χ3n) is 3.99. The second-order valence-corrected chi connectivity index (χ2v) is 5.34. The molecule has 1 fully saturated rings. The van der Waals surface area contributed by atoms with Crippen molar-refractivity contribution in [3.8, 4) is 0 Å². The lowest BCUT2D eigenvalue weighted by Gasteiger charge is -2.10. The van der Waals surface area contributed by atoms with Crippen LogP contribution in [-0.4, -0.2) is 17.7 Å². The highest BCUT2D eigenvalue weighted by atomic mass is 16.4. The van der Waals surface area contributed by atoms with Crippen LogP contribution < -0.4 is 11.1 Å². The van der Waals surface area contributed by atoms with E-state index in [2.05, 4.69) is 5.32 Å². The zero-order valence-electron chi connectivity index (χ0n) is 11.1. The van der Waals surface area contributed by atoms with Gasteiger partial charge < -0.3 is 9.73 Å². The lowest BCUT2D eigenvalue weighted by atomic mass is 10.1. The Labute approximate surface area is 112 Å². The summed E-state index contributed by atoms with van der Waals surface area (Å²) in [6.07, 6.45) is 5.44. The summed E-state index contributed by atoms with van der Waals surface area (Å²) in [6.45, 7) is 2.56. The molecule has 2 aromatic rings. The van der Waals surface area contributed by atoms with Gasteiger partial charge in [0.15, 0.2) is 5.58 Å². The third kappa shape index (κ3) is 2.73. The Morgan fingerprint density at radius 3 is 2.89 bits per heavy atom. The second-order valence-electron chi connectivity index (χ2n) is 5.34. The summed E-state index contributed by atoms with van der Waals surface area (Å²) >= 11 is 0. The highest BCUT2D eigenvalue weighted by Gasteiger charge is 2.14. The molecular weight excluding hydrogens is 240 g/mol. The van der Waals surface area contributed by atoms with Gasteiger partial charge in [0.05, 0.1) is 5.52 Å². The van der Waals surface area contributed by atoms with Gasteiger partial charge in [-0.1, -0.05) is 25.0 Å². The number of hydrogen-bond donors (Lipinski definition) is 1. The largest absolute Gasteiger partial charge is 0.419 e. The lowest BCUT2D eigenvalue weighted by Crippen LogP contribution is -2.27. The molecule has 1 aromatic heterocycles. The van der Waals surface area contributed by atoms with E-state index in [-0.39, 0.29) is 5.76 Å². The molecule has 0 amide bonds. The summed E-state index contributed by atoms with van der Waals surface area (Å²) in [4.78, 5) is 11.8. The molecule has 4 nitrogen and oxygen atoms in total. The number of rotatable bonds is 5. The average Bonchev–Trinajstić information content (AvgIpc) is 3.02. The van der Waals surface area contributed by atoms with Crippen LogP contribution in [0.1, 0.15) is 25.7 Å². The zero-order chi connectivity index (χ0) is 13.1. The van der Waals surface area contributed by atoms with E-state index in [0.29, 0.717) is 12.1 Å². The molecule has 1 heterocycles. The summed E-state index contributed by atoms with van der Waals surface area (Å²) < 4.78 is 6.91. The van der Waals surface area contributed by atoms with Crippen molar-refractivity contribution in [3.05, 3.63) is 34.8 Å². The van der Waals surface area contributed by atoms with Gasteiger partial charge in [-0.2, -0.15) is 0 Å². The van der Waals surface area contributed by atoms with E-state index in [0.717, 1.165) is 24.5 Å². The van der Waals surface area contributed by atoms with Crippen LogP contribution in [0.3, 0.4) is 0 Å². The van der Waals surface area contributed by atoms with Gasteiger partial charge in [-0.15, -0.1) is 0 Å². The van der Waals surface area contributed by atoms with Crippen LogP contribution in [-0.2, 0) is 6.54 Å². The van der Waals surface area contributed by atoms with Crippen LogP contribution in [0, 0.1) is 5.92 Å². The minimum absolute atomic E-state index is 0.260. The molecular formula is C15H20N2O2. The lowest BCUT2D eigenvalue weighted by molar-refractivity contribution is 0.459. The van der Waals surface area contributed by atoms with Crippen molar-refractivity contribution in [2.75, 3.05) is 13.1 Å². The van der Waals surface area contributed by atoms with E-state index in [4.69, 9.17) is 4.42 Å². The van der Waals surface area contributed by atoms with E-state index in [1.54, 1.807) is 4.57 Å². The van der Waals surface area contributed by atoms with E-state index < -0.39 is 0 Å². The molecule has 1 aliphatic rings. The van der Waals surface area contributed by atoms with Crippen molar-refractivity contribution in [2.45, 2.75) is 32.2 Å². The quantitative estimate of drug-likeness (QED) is 0.840. The van der Waals surface area contributed by atoms with Crippen molar-refractivity contribution < 1.29 is 4.42 Å². The molecule has 0 radical (unpaired) electrons. The SMILES string of the molecule is O=c1oc2ccccc2n1CCNCC1CCCC1. The smallest absolute Gasteiger partial charge is 0.408 e. The number of nitrogens with zero attached hydrogens (tertiary/aromatic N) is 1. The molecule has 1 N–H and O–H groups in total. The van der Waals surface area contributed by atoms with Gasteiger partial charge >= 0.3 is 5.76 Å². The van der Waals surface area contributed by atoms with Crippen LogP contribution in [0.4, 0.5) is 0 Å². The molecule has 0 bridgehead atoms. The Kier molecular flexibility index (Phi) is 3.69. The molecule has 0 spiro atoms. The highest BCUT2D eigenvalue weighted by Crippen LogP contribution is 2.23. The first-order chi connectivity index (χ1) is 9.34. The monoisotopic (exact) mass is 260 g/mol. The van der Waals surface area contributed by atoms with Gasteiger partial charge in [0.1, 0.15) is 0 Å². The number of fused-ring (bicyclic) bond motifs is 1. The van der Waals surface area contributed by atoms with Crippen LogP contribution in [0.2, 0.25) is 0 Å². The topological polar surface area (TPSA) is 47.2 Å². The normalized spacial score (nSPS) is 16.4. The van der Waals surface area contributed by atoms with Crippen molar-refractivity contribution in [1.82, 2.24) is 9.88 Å². The predicted octanol–water partition coefficient (Wildman–Crippen LogP) is 2.37. The number of oxazole rings is 1. The summed E-state index contributed by atoms with van der Waals surface area (Å²) in [6, 6.07) is 7.57. The first-order valence-corrected chi connectivity index (χ1v) is 7.14. The van der Waals surface area contributed by atoms with Crippen LogP contribution in [0.25, 0.3) is 11.1 Å². The van der Waals surface area contributed by atoms with Crippen LogP contribution in [0.5, 0.6) is 0 Å². The molecule has 0 unspecified atom stereocenters. The fourth-order valence-electron chi connectivity index (χ4n) is 2.94. The van der Waals surface area contributed by atoms with Gasteiger partial charge in [-0.25, -0.2) is 4.79 Å². The Hall–Kier alpha value is -1.55. The van der Waals surface area contributed by atoms with E-state index >= 15 is 0 Å². The Balaban J connectivity index is 1.59. The Morgan fingerprint density at radius 1 is 1.26 bits per heavy atom. The second kappa shape index (κ2) is 5.61. The number of benzene rings is 1. The summed E-state index contributed by atoms with van der Waals surface area (Å²) in [7, 11) is 0. The zero-order valence-corrected chi connectivity index (χ0v) is 11.1. The highest BCUT2D eigenvalue weighted by molar-refractivity contribution is 5.72. The number of nitrogens with one attached hydrogen (secondary N) is 1. The van der Waals surface area contributed by atoms with Gasteiger partial charge in [0.25, 0.3) is 0 Å². The number of para-hydroxylation sites is 2. The first-order valence-electron chi connectivity index (χ1n) is 7.14. The molecule has 0 aliphatic heterocycles. The van der Waals surface area contributed by atoms with Crippen LogP contribution in [0.15, 0.2) is 33.5 Å². The van der Waals surface area contributed by atoms with Crippen molar-refractivity contribution >= 4 is 11.1 Å². The molecule has 19 heavy (non-hydrogen) atoms. The summed E-state index contributed by atoms with van der Waals surface area (Å²) in [5, 5.41) is 3.46. The maximum atomic E-state index is 11.8. The third-order valence-corrected chi connectivity index (χ3v) is 3.99. The van der Waals surface area contributed by atoms with Gasteiger partial charge in [0.2, 0.25) is 0 Å². The fourth-order valence-corrected chi connectivity index (χ4v) is 2.94. The predicted molar refractivity (Wildman–Crippen MR) is 75.3 cm³/mol. The van der Waals surface area contributed by atoms with Crippen LogP contribution >= 0.6 is 0 Å². The van der Waals surface area contributed by atoms with E-state index in [1.165, 1.54) is 25.7 Å². The van der Waals surface area contributed by atoms with Crippen molar-refractivity contribution in [2.24, 2.45) is 5.92 Å². The standard InChI is InChI=1S/C15H20N2O2/c18-15-17(13-7-3-4-8-14(13)19-15)10-9-16-11-12-5-1-2-6-12/h3-4,7-8,12,16H,1-2,5-6,9-11H2. The van der Waals surface area contributed by atoms with Crippen molar-refractivity contribution in [3.63, 3.8) is 0 Å². The molecule has 102 valence electrons. The molecule has 4 heteroatoms. The Bertz CT molecular complexity index is 593. The van der Waals surface area contributed by atoms with E-state index in [1.807, 2.05) is 24.3 Å². The van der Waals surface area contributed by atoms with Gasteiger partial charge in [-0.05, 0) is 37.4 Å². The Morgan fingerprint density at radius 2 is 2.05 bits per heavy atom. The van der Waals surface area contributed by atoms with Gasteiger partial charge in [-0.3, -0.25) is 4.57 Å². The average molecular weight is 260 g/mol. The summed E-state index contributed by atoms with van der Waals surface area (Å²) in [5.74, 6) is 0.571. The maximum Gasteiger partial charge on any atom is 0.419 e. The molecule has 1 saturated carbocycles. The molecule has 1 aromatic carbocycles. The molecule has 3 rings (SSSR count). The molecule has 0 saturated heterocycles. The minimum Gasteiger partial charge on any atom is -0.408 e. The fraction of sp³-hybridized carbons (Fsp3) is 0.533. The minimum atomic E-state index is -0.260. The van der Waals surface area contributed by atoms with E-state index in [9.17, 15) is 4.79 Å². The van der Waals surface area contributed by atoms with Crippen molar-refractivity contribution in [1.29, 1.82) is 0 Å². The van der Waals surface area contributed by atoms with Gasteiger partial charge in [0, 0.05) is 13.1 Å². The molecule has 0 atom stereocenters. The number of hydrogen-bond acceptors (Lipinski definition) is 3. The molecule has 1 aliphatic carbocycles. The summed E-state index contributed by atoms with van der Waals surface area (Å²) in [5.41, 5.74) is 1.55. The number of aromatic nitrogens is 1. The maximum absolute atomic E-state index is 11.8.